The zero-order valence-electron chi connectivity index (χ0n) is 10.6. The van der Waals surface area contributed by atoms with Crippen molar-refractivity contribution in [3.8, 4) is 0 Å². The molecule has 1 heterocycles. The van der Waals surface area contributed by atoms with Crippen LogP contribution in [0, 0.1) is 6.92 Å². The molecule has 1 atom stereocenters. The van der Waals surface area contributed by atoms with Crippen molar-refractivity contribution in [2.24, 2.45) is 7.05 Å². The summed E-state index contributed by atoms with van der Waals surface area (Å²) in [5, 5.41) is 3.52. The van der Waals surface area contributed by atoms with Gasteiger partial charge in [-0.1, -0.05) is 24.3 Å². The summed E-state index contributed by atoms with van der Waals surface area (Å²) in [6.45, 7) is 5.18. The van der Waals surface area contributed by atoms with Crippen LogP contribution in [0.3, 0.4) is 0 Å². The first-order valence-corrected chi connectivity index (χ1v) is 5.92. The molecular weight excluding hydrogens is 210 g/mol. The summed E-state index contributed by atoms with van der Waals surface area (Å²) in [6.07, 6.45) is 3.73. The average Bonchev–Trinajstić information content (AvgIpc) is 2.72. The average molecular weight is 229 g/mol. The van der Waals surface area contributed by atoms with Crippen LogP contribution in [0.4, 0.5) is 0 Å². The van der Waals surface area contributed by atoms with E-state index in [0.717, 1.165) is 6.54 Å². The monoisotopic (exact) mass is 229 g/mol. The highest BCUT2D eigenvalue weighted by Gasteiger charge is 2.07. The topological polar surface area (TPSA) is 29.9 Å². The van der Waals surface area contributed by atoms with E-state index in [-0.39, 0.29) is 0 Å². The molecule has 0 amide bonds. The fraction of sp³-hybridized carbons (Fsp3) is 0.357. The Bertz CT molecular complexity index is 488. The molecule has 0 bridgehead atoms. The fourth-order valence-corrected chi connectivity index (χ4v) is 2.00. The summed E-state index contributed by atoms with van der Waals surface area (Å²) >= 11 is 0. The van der Waals surface area contributed by atoms with Gasteiger partial charge >= 0.3 is 0 Å². The van der Waals surface area contributed by atoms with Crippen LogP contribution in [-0.4, -0.2) is 9.55 Å². The molecule has 0 saturated carbocycles. The molecule has 1 aromatic carbocycles. The number of hydrogen-bond acceptors (Lipinski definition) is 2. The van der Waals surface area contributed by atoms with Crippen LogP contribution < -0.4 is 5.32 Å². The first-order chi connectivity index (χ1) is 8.18. The van der Waals surface area contributed by atoms with Gasteiger partial charge in [-0.2, -0.15) is 0 Å². The van der Waals surface area contributed by atoms with Crippen molar-refractivity contribution in [3.05, 3.63) is 53.6 Å². The third kappa shape index (κ3) is 2.74. The van der Waals surface area contributed by atoms with E-state index in [0.29, 0.717) is 6.04 Å². The molecule has 3 nitrogen and oxygen atoms in total. The molecule has 1 N–H and O–H groups in total. The van der Waals surface area contributed by atoms with Crippen molar-refractivity contribution in [2.75, 3.05) is 0 Å². The van der Waals surface area contributed by atoms with Gasteiger partial charge in [-0.3, -0.25) is 0 Å². The molecule has 17 heavy (non-hydrogen) atoms. The van der Waals surface area contributed by atoms with E-state index in [1.165, 1.54) is 16.8 Å². The van der Waals surface area contributed by atoms with Crippen molar-refractivity contribution in [1.82, 2.24) is 14.9 Å². The van der Waals surface area contributed by atoms with Crippen LogP contribution in [0.1, 0.15) is 29.8 Å². The van der Waals surface area contributed by atoms with Crippen LogP contribution in [-0.2, 0) is 13.6 Å². The van der Waals surface area contributed by atoms with Gasteiger partial charge < -0.3 is 9.88 Å². The van der Waals surface area contributed by atoms with Gasteiger partial charge in [0.15, 0.2) is 0 Å². The molecule has 1 aromatic heterocycles. The van der Waals surface area contributed by atoms with Crippen LogP contribution in [0.5, 0.6) is 0 Å². The summed E-state index contributed by atoms with van der Waals surface area (Å²) < 4.78 is 2.04. The fourth-order valence-electron chi connectivity index (χ4n) is 2.00. The van der Waals surface area contributed by atoms with Crippen molar-refractivity contribution >= 4 is 0 Å². The number of nitrogens with zero attached hydrogens (tertiary/aromatic N) is 2. The Kier molecular flexibility index (Phi) is 3.59. The number of imidazole rings is 1. The molecule has 1 unspecified atom stereocenters. The predicted molar refractivity (Wildman–Crippen MR) is 69.6 cm³/mol. The SMILES string of the molecule is Cc1ccccc1C(C)NCc1cncn1C. The third-order valence-electron chi connectivity index (χ3n) is 3.16. The first kappa shape index (κ1) is 11.9. The zero-order valence-corrected chi connectivity index (χ0v) is 10.6. The van der Waals surface area contributed by atoms with Crippen LogP contribution in [0.2, 0.25) is 0 Å². The largest absolute Gasteiger partial charge is 0.337 e. The number of nitrogens with one attached hydrogen (secondary N) is 1. The molecule has 2 aromatic rings. The maximum Gasteiger partial charge on any atom is 0.0945 e. The molecule has 0 aliphatic carbocycles. The summed E-state index contributed by atoms with van der Waals surface area (Å²) in [4.78, 5) is 4.11. The van der Waals surface area contributed by atoms with Crippen LogP contribution in [0.15, 0.2) is 36.8 Å². The number of benzene rings is 1. The van der Waals surface area contributed by atoms with Crippen LogP contribution >= 0.6 is 0 Å². The van der Waals surface area contributed by atoms with E-state index < -0.39 is 0 Å². The van der Waals surface area contributed by atoms with Gasteiger partial charge in [0.1, 0.15) is 0 Å². The molecular formula is C14H19N3. The van der Waals surface area contributed by atoms with Gasteiger partial charge in [-0.25, -0.2) is 4.98 Å². The van der Waals surface area contributed by atoms with Gasteiger partial charge in [-0.15, -0.1) is 0 Å². The van der Waals surface area contributed by atoms with Crippen molar-refractivity contribution in [1.29, 1.82) is 0 Å². The van der Waals surface area contributed by atoms with Crippen molar-refractivity contribution in [2.45, 2.75) is 26.4 Å². The number of hydrogen-bond donors (Lipinski definition) is 1. The van der Waals surface area contributed by atoms with E-state index >= 15 is 0 Å². The first-order valence-electron chi connectivity index (χ1n) is 5.92. The highest BCUT2D eigenvalue weighted by Crippen LogP contribution is 2.16. The summed E-state index contributed by atoms with van der Waals surface area (Å²) in [6, 6.07) is 8.84. The Hall–Kier alpha value is -1.61. The zero-order chi connectivity index (χ0) is 12.3. The van der Waals surface area contributed by atoms with Gasteiger partial charge in [0.2, 0.25) is 0 Å². The van der Waals surface area contributed by atoms with Gasteiger partial charge in [0.25, 0.3) is 0 Å². The van der Waals surface area contributed by atoms with E-state index in [2.05, 4.69) is 48.4 Å². The standard InChI is InChI=1S/C14H19N3/c1-11-6-4-5-7-14(11)12(2)16-9-13-8-15-10-17(13)3/h4-8,10,12,16H,9H2,1-3H3. The Labute approximate surface area is 103 Å². The molecule has 0 radical (unpaired) electrons. The molecule has 0 aliphatic rings. The summed E-state index contributed by atoms with van der Waals surface area (Å²) in [7, 11) is 2.02. The Balaban J connectivity index is 2.01. The van der Waals surface area contributed by atoms with E-state index in [4.69, 9.17) is 0 Å². The molecule has 0 aliphatic heterocycles. The number of aryl methyl sites for hydroxylation is 2. The van der Waals surface area contributed by atoms with Crippen molar-refractivity contribution in [3.63, 3.8) is 0 Å². The lowest BCUT2D eigenvalue weighted by molar-refractivity contribution is 0.556. The predicted octanol–water partition coefficient (Wildman–Crippen LogP) is 2.58. The minimum Gasteiger partial charge on any atom is -0.337 e. The highest BCUT2D eigenvalue weighted by molar-refractivity contribution is 5.28. The Morgan fingerprint density at radius 2 is 2.12 bits per heavy atom. The normalized spacial score (nSPS) is 12.6. The second-order valence-electron chi connectivity index (χ2n) is 4.46. The van der Waals surface area contributed by atoms with Gasteiger partial charge in [-0.05, 0) is 25.0 Å². The quantitative estimate of drug-likeness (QED) is 0.873. The van der Waals surface area contributed by atoms with E-state index in [1.54, 1.807) is 0 Å². The summed E-state index contributed by atoms with van der Waals surface area (Å²) in [5.41, 5.74) is 3.89. The van der Waals surface area contributed by atoms with E-state index in [9.17, 15) is 0 Å². The number of rotatable bonds is 4. The maximum atomic E-state index is 4.11. The molecule has 3 heteroatoms. The molecule has 2 rings (SSSR count). The third-order valence-corrected chi connectivity index (χ3v) is 3.16. The second-order valence-corrected chi connectivity index (χ2v) is 4.46. The second kappa shape index (κ2) is 5.15. The van der Waals surface area contributed by atoms with Crippen LogP contribution in [0.25, 0.3) is 0 Å². The van der Waals surface area contributed by atoms with Crippen molar-refractivity contribution < 1.29 is 0 Å². The van der Waals surface area contributed by atoms with E-state index in [1.807, 2.05) is 24.1 Å². The lowest BCUT2D eigenvalue weighted by atomic mass is 10.0. The maximum absolute atomic E-state index is 4.11. The number of aromatic nitrogens is 2. The minimum atomic E-state index is 0.353. The van der Waals surface area contributed by atoms with Gasteiger partial charge in [0, 0.05) is 25.8 Å². The molecule has 0 spiro atoms. The lowest BCUT2D eigenvalue weighted by Crippen LogP contribution is -2.20. The Morgan fingerprint density at radius 3 is 2.76 bits per heavy atom. The Morgan fingerprint density at radius 1 is 1.35 bits per heavy atom. The molecule has 90 valence electrons. The van der Waals surface area contributed by atoms with Gasteiger partial charge in [0.05, 0.1) is 12.0 Å². The highest BCUT2D eigenvalue weighted by atomic mass is 15.0. The summed E-state index contributed by atoms with van der Waals surface area (Å²) in [5.74, 6) is 0. The molecule has 0 fully saturated rings. The molecule has 0 saturated heterocycles. The minimum absolute atomic E-state index is 0.353. The lowest BCUT2D eigenvalue weighted by Gasteiger charge is -2.16. The smallest absolute Gasteiger partial charge is 0.0945 e.